The second-order valence-corrected chi connectivity index (χ2v) is 9.10. The fourth-order valence-corrected chi connectivity index (χ4v) is 4.06. The van der Waals surface area contributed by atoms with Crippen LogP contribution in [-0.2, 0) is 22.4 Å². The predicted molar refractivity (Wildman–Crippen MR) is 111 cm³/mol. The normalized spacial score (nSPS) is 20.2. The van der Waals surface area contributed by atoms with E-state index in [0.29, 0.717) is 13.1 Å². The average Bonchev–Trinajstić information content (AvgIpc) is 2.66. The fraction of sp³-hybridized carbons (Fsp3) is 0.682. The van der Waals surface area contributed by atoms with Crippen molar-refractivity contribution in [3.05, 3.63) is 23.4 Å². The molecule has 1 aromatic heterocycles. The van der Waals surface area contributed by atoms with Crippen LogP contribution in [0.15, 0.2) is 12.1 Å². The number of amides is 1. The lowest BCUT2D eigenvalue weighted by molar-refractivity contribution is -0.143. The van der Waals surface area contributed by atoms with Gasteiger partial charge in [0.1, 0.15) is 11.4 Å². The van der Waals surface area contributed by atoms with Crippen molar-refractivity contribution >= 4 is 17.9 Å². The fourth-order valence-electron chi connectivity index (χ4n) is 4.06. The Kier molecular flexibility index (Phi) is 6.77. The van der Waals surface area contributed by atoms with Gasteiger partial charge >= 0.3 is 12.1 Å². The van der Waals surface area contributed by atoms with Gasteiger partial charge in [-0.1, -0.05) is 6.07 Å². The van der Waals surface area contributed by atoms with Crippen LogP contribution in [0.2, 0.25) is 0 Å². The van der Waals surface area contributed by atoms with Gasteiger partial charge in [0, 0.05) is 18.8 Å². The number of rotatable bonds is 5. The highest BCUT2D eigenvalue weighted by Gasteiger charge is 2.29. The summed E-state index contributed by atoms with van der Waals surface area (Å²) in [5.41, 5.74) is 1.52. The first kappa shape index (κ1) is 21.6. The molecule has 160 valence electrons. The number of carboxylic acids is 1. The number of hydrogen-bond donors (Lipinski definition) is 1. The molecule has 0 radical (unpaired) electrons. The molecule has 0 aromatic carbocycles. The number of carbonyl (C=O) groups is 2. The summed E-state index contributed by atoms with van der Waals surface area (Å²) in [6.45, 7) is 8.72. The molecule has 2 aliphatic rings. The highest BCUT2D eigenvalue weighted by atomic mass is 16.6. The van der Waals surface area contributed by atoms with Crippen molar-refractivity contribution in [2.45, 2.75) is 64.9 Å². The van der Waals surface area contributed by atoms with E-state index in [1.807, 2.05) is 26.8 Å². The van der Waals surface area contributed by atoms with E-state index in [1.165, 1.54) is 0 Å². The molecule has 1 fully saturated rings. The number of ether oxygens (including phenoxy) is 1. The van der Waals surface area contributed by atoms with Crippen molar-refractivity contribution in [1.82, 2.24) is 9.88 Å². The molecule has 3 heterocycles. The lowest BCUT2D eigenvalue weighted by atomic mass is 9.98. The van der Waals surface area contributed by atoms with Crippen LogP contribution in [0, 0.1) is 5.92 Å². The van der Waals surface area contributed by atoms with Crippen LogP contribution in [-0.4, -0.2) is 58.8 Å². The third-order valence-electron chi connectivity index (χ3n) is 5.47. The number of aliphatic carboxylic acids is 1. The Balaban J connectivity index is 1.60. The van der Waals surface area contributed by atoms with E-state index < -0.39 is 11.6 Å². The average molecular weight is 404 g/mol. The number of pyridine rings is 1. The molecule has 1 N–H and O–H groups in total. The number of carbonyl (C=O) groups excluding carboxylic acids is 1. The molecule has 2 aliphatic heterocycles. The summed E-state index contributed by atoms with van der Waals surface area (Å²) in [4.78, 5) is 32.5. The van der Waals surface area contributed by atoms with E-state index in [9.17, 15) is 14.7 Å². The highest BCUT2D eigenvalue weighted by Crippen LogP contribution is 2.27. The van der Waals surface area contributed by atoms with Crippen LogP contribution < -0.4 is 4.90 Å². The molecule has 0 aliphatic carbocycles. The van der Waals surface area contributed by atoms with Crippen molar-refractivity contribution in [3.8, 4) is 0 Å². The van der Waals surface area contributed by atoms with Gasteiger partial charge in [-0.15, -0.1) is 0 Å². The topological polar surface area (TPSA) is 83.0 Å². The van der Waals surface area contributed by atoms with Gasteiger partial charge < -0.3 is 14.7 Å². The van der Waals surface area contributed by atoms with E-state index in [2.05, 4.69) is 11.0 Å². The van der Waals surface area contributed by atoms with Crippen molar-refractivity contribution in [3.63, 3.8) is 0 Å². The number of likely N-dealkylation sites (tertiary alicyclic amines) is 1. The SMILES string of the molecule is CC(C)(C)OC(=O)N1CCCc2ccc(CCCN3CCC[C@@H](C(=O)O)C3)nc21. The Morgan fingerprint density at radius 1 is 1.24 bits per heavy atom. The number of piperidine rings is 1. The number of nitrogens with zero attached hydrogens (tertiary/aromatic N) is 3. The largest absolute Gasteiger partial charge is 0.481 e. The molecule has 1 saturated heterocycles. The highest BCUT2D eigenvalue weighted by molar-refractivity contribution is 5.88. The monoisotopic (exact) mass is 403 g/mol. The van der Waals surface area contributed by atoms with Crippen LogP contribution >= 0.6 is 0 Å². The molecule has 1 atom stereocenters. The Bertz CT molecular complexity index is 744. The van der Waals surface area contributed by atoms with E-state index in [-0.39, 0.29) is 12.0 Å². The van der Waals surface area contributed by atoms with E-state index in [1.54, 1.807) is 4.90 Å². The minimum atomic E-state index is -0.687. The summed E-state index contributed by atoms with van der Waals surface area (Å²) in [5.74, 6) is -0.201. The number of hydrogen-bond acceptors (Lipinski definition) is 5. The maximum atomic E-state index is 12.6. The summed E-state index contributed by atoms with van der Waals surface area (Å²) >= 11 is 0. The number of fused-ring (bicyclic) bond motifs is 1. The number of aromatic nitrogens is 1. The molecule has 1 amide bonds. The Labute approximate surface area is 173 Å². The summed E-state index contributed by atoms with van der Waals surface area (Å²) < 4.78 is 5.56. The second-order valence-electron chi connectivity index (χ2n) is 9.10. The molecule has 0 spiro atoms. The van der Waals surface area contributed by atoms with Gasteiger partial charge in [-0.25, -0.2) is 9.78 Å². The van der Waals surface area contributed by atoms with Crippen molar-refractivity contribution < 1.29 is 19.4 Å². The Morgan fingerprint density at radius 3 is 2.76 bits per heavy atom. The van der Waals surface area contributed by atoms with Crippen LogP contribution in [0.3, 0.4) is 0 Å². The van der Waals surface area contributed by atoms with Crippen molar-refractivity contribution in [1.29, 1.82) is 0 Å². The lowest BCUT2D eigenvalue weighted by Crippen LogP contribution is -2.40. The second kappa shape index (κ2) is 9.11. The zero-order valence-corrected chi connectivity index (χ0v) is 17.8. The number of anilines is 1. The summed E-state index contributed by atoms with van der Waals surface area (Å²) in [5, 5.41) is 9.23. The first-order valence-electron chi connectivity index (χ1n) is 10.7. The molecule has 3 rings (SSSR count). The molecule has 1 aromatic rings. The summed E-state index contributed by atoms with van der Waals surface area (Å²) in [7, 11) is 0. The van der Waals surface area contributed by atoms with Crippen LogP contribution in [0.25, 0.3) is 0 Å². The first-order valence-corrected chi connectivity index (χ1v) is 10.7. The zero-order chi connectivity index (χ0) is 21.0. The standard InChI is InChI=1S/C22H33N3O4/c1-22(2,3)29-21(28)25-14-5-7-16-10-11-18(23-19(16)25)9-6-13-24-12-4-8-17(15-24)20(26)27/h10-11,17H,4-9,12-15H2,1-3H3,(H,26,27)/t17-/m1/s1. The van der Waals surface area contributed by atoms with Crippen LogP contribution in [0.4, 0.5) is 10.6 Å². The Morgan fingerprint density at radius 2 is 2.03 bits per heavy atom. The lowest BCUT2D eigenvalue weighted by Gasteiger charge is -2.31. The molecule has 0 saturated carbocycles. The van der Waals surface area contributed by atoms with Crippen molar-refractivity contribution in [2.24, 2.45) is 5.92 Å². The van der Waals surface area contributed by atoms with Gasteiger partial charge in [0.25, 0.3) is 0 Å². The van der Waals surface area contributed by atoms with Gasteiger partial charge in [-0.3, -0.25) is 9.69 Å². The van der Waals surface area contributed by atoms with E-state index in [0.717, 1.165) is 68.7 Å². The third kappa shape index (κ3) is 5.92. The molecule has 7 heteroatoms. The van der Waals surface area contributed by atoms with Gasteiger partial charge in [-0.2, -0.15) is 0 Å². The van der Waals surface area contributed by atoms with E-state index in [4.69, 9.17) is 9.72 Å². The molecule has 0 unspecified atom stereocenters. The maximum Gasteiger partial charge on any atom is 0.416 e. The van der Waals surface area contributed by atoms with Gasteiger partial charge in [0.15, 0.2) is 0 Å². The summed E-state index contributed by atoms with van der Waals surface area (Å²) in [6, 6.07) is 4.13. The van der Waals surface area contributed by atoms with E-state index >= 15 is 0 Å². The first-order chi connectivity index (χ1) is 13.7. The molecular weight excluding hydrogens is 370 g/mol. The van der Waals surface area contributed by atoms with Crippen LogP contribution in [0.1, 0.15) is 57.7 Å². The molecule has 7 nitrogen and oxygen atoms in total. The minimum absolute atomic E-state index is 0.243. The Hall–Kier alpha value is -2.15. The van der Waals surface area contributed by atoms with Crippen molar-refractivity contribution in [2.75, 3.05) is 31.1 Å². The smallest absolute Gasteiger partial charge is 0.416 e. The maximum absolute atomic E-state index is 12.6. The minimum Gasteiger partial charge on any atom is -0.481 e. The predicted octanol–water partition coefficient (Wildman–Crippen LogP) is 3.50. The van der Waals surface area contributed by atoms with Gasteiger partial charge in [0.2, 0.25) is 0 Å². The third-order valence-corrected chi connectivity index (χ3v) is 5.47. The van der Waals surface area contributed by atoms with Gasteiger partial charge in [0.05, 0.1) is 5.92 Å². The number of carboxylic acid groups (broad SMARTS) is 1. The van der Waals surface area contributed by atoms with Gasteiger partial charge in [-0.05, 0) is 84.0 Å². The molecule has 0 bridgehead atoms. The molecular formula is C22H33N3O4. The molecule has 29 heavy (non-hydrogen) atoms. The van der Waals surface area contributed by atoms with Crippen LogP contribution in [0.5, 0.6) is 0 Å². The number of aryl methyl sites for hydroxylation is 2. The quantitative estimate of drug-likeness (QED) is 0.810. The summed E-state index contributed by atoms with van der Waals surface area (Å²) in [6.07, 6.45) is 4.95. The zero-order valence-electron chi connectivity index (χ0n) is 17.8.